The molecule has 1 aromatic heterocycles. The Balaban J connectivity index is 1.38. The molecular weight excluding hydrogens is 585 g/mol. The van der Waals surface area contributed by atoms with Crippen LogP contribution < -0.4 is 10.1 Å². The summed E-state index contributed by atoms with van der Waals surface area (Å²) in [5.74, 6) is -0.938. The molecule has 0 spiro atoms. The van der Waals surface area contributed by atoms with Crippen molar-refractivity contribution in [2.75, 3.05) is 13.7 Å². The zero-order valence-corrected chi connectivity index (χ0v) is 22.8. The van der Waals surface area contributed by atoms with Crippen LogP contribution in [-0.4, -0.2) is 57.8 Å². The zero-order valence-electron chi connectivity index (χ0n) is 20.7. The fraction of sp³-hybridized carbons (Fsp3) is 0.321. The van der Waals surface area contributed by atoms with Crippen molar-refractivity contribution in [3.05, 3.63) is 81.4 Å². The third-order valence-corrected chi connectivity index (χ3v) is 7.26. The number of pyridine rings is 1. The molecular formula is C28H30IN3O5. The van der Waals surface area contributed by atoms with E-state index in [9.17, 15) is 19.8 Å². The number of methoxy groups -OCH3 is 1. The quantitative estimate of drug-likeness (QED) is 0.334. The number of hydrogen-bond donors (Lipinski definition) is 3. The topological polar surface area (TPSA) is 112 Å². The monoisotopic (exact) mass is 615 g/mol. The predicted molar refractivity (Wildman–Crippen MR) is 148 cm³/mol. The molecule has 2 aromatic carbocycles. The molecule has 1 aliphatic rings. The molecule has 2 heterocycles. The van der Waals surface area contributed by atoms with Crippen LogP contribution in [0.2, 0.25) is 0 Å². The van der Waals surface area contributed by atoms with Gasteiger partial charge in [-0.2, -0.15) is 0 Å². The first-order chi connectivity index (χ1) is 17.8. The van der Waals surface area contributed by atoms with E-state index >= 15 is 0 Å². The Labute approximate surface area is 229 Å². The minimum Gasteiger partial charge on any atom is -0.481 e. The lowest BCUT2D eigenvalue weighted by Gasteiger charge is -2.29. The smallest absolute Gasteiger partial charge is 0.255 e. The number of aliphatic hydroxyl groups excluding tert-OH is 2. The Morgan fingerprint density at radius 3 is 2.51 bits per heavy atom. The number of ether oxygens (including phenoxy) is 1. The van der Waals surface area contributed by atoms with Gasteiger partial charge in [0.2, 0.25) is 5.88 Å². The van der Waals surface area contributed by atoms with Crippen molar-refractivity contribution in [1.29, 1.82) is 0 Å². The van der Waals surface area contributed by atoms with Crippen molar-refractivity contribution in [3.63, 3.8) is 0 Å². The fourth-order valence-corrected chi connectivity index (χ4v) is 5.12. The molecule has 4 atom stereocenters. The molecule has 9 heteroatoms. The van der Waals surface area contributed by atoms with E-state index in [0.717, 1.165) is 38.8 Å². The van der Waals surface area contributed by atoms with Gasteiger partial charge in [-0.25, -0.2) is 4.98 Å². The molecule has 1 fully saturated rings. The van der Waals surface area contributed by atoms with Crippen molar-refractivity contribution >= 4 is 34.4 Å². The largest absolute Gasteiger partial charge is 0.481 e. The van der Waals surface area contributed by atoms with Gasteiger partial charge in [0.15, 0.2) is 12.2 Å². The van der Waals surface area contributed by atoms with Crippen LogP contribution in [0.15, 0.2) is 66.7 Å². The highest BCUT2D eigenvalue weighted by atomic mass is 127. The Kier molecular flexibility index (Phi) is 8.78. The Bertz CT molecular complexity index is 1250. The normalized spacial score (nSPS) is 17.6. The molecule has 4 rings (SSSR count). The van der Waals surface area contributed by atoms with Crippen LogP contribution in [0, 0.1) is 3.57 Å². The van der Waals surface area contributed by atoms with Crippen LogP contribution in [0.1, 0.15) is 43.0 Å². The first kappa shape index (κ1) is 27.0. The molecule has 194 valence electrons. The van der Waals surface area contributed by atoms with E-state index in [1.54, 1.807) is 25.0 Å². The second-order valence-electron chi connectivity index (χ2n) is 9.05. The maximum atomic E-state index is 13.1. The minimum atomic E-state index is -1.88. The summed E-state index contributed by atoms with van der Waals surface area (Å²) >= 11 is 2.22. The number of hydrogen-bond acceptors (Lipinski definition) is 6. The van der Waals surface area contributed by atoms with Crippen LogP contribution in [0.5, 0.6) is 5.88 Å². The summed E-state index contributed by atoms with van der Waals surface area (Å²) in [5.41, 5.74) is 3.41. The molecule has 1 saturated heterocycles. The SMILES string of the molecule is COc1cccc(-c2ccc([C@@H](C)NC(=O)[C@H](O)[C@@H](O)C(=O)N3CCC[C@@H]3c3cccc(I)c3)cc2)n1. The van der Waals surface area contributed by atoms with Gasteiger partial charge < -0.3 is 25.2 Å². The lowest BCUT2D eigenvalue weighted by molar-refractivity contribution is -0.154. The molecule has 1 aliphatic heterocycles. The zero-order chi connectivity index (χ0) is 26.5. The van der Waals surface area contributed by atoms with Crippen molar-refractivity contribution in [1.82, 2.24) is 15.2 Å². The first-order valence-electron chi connectivity index (χ1n) is 12.1. The standard InChI is InChI=1S/C28H30IN3O5/c1-17(18-11-13-19(14-12-18)22-8-4-10-24(31-22)37-2)30-27(35)25(33)26(34)28(36)32-15-5-9-23(32)20-6-3-7-21(29)16-20/h3-4,6-8,10-14,16-17,23,25-26,33-34H,5,9,15H2,1-2H3,(H,30,35)/t17-,23-,25-,26-/m1/s1. The van der Waals surface area contributed by atoms with E-state index < -0.39 is 30.1 Å². The maximum Gasteiger partial charge on any atom is 0.255 e. The van der Waals surface area contributed by atoms with Gasteiger partial charge in [0.1, 0.15) is 0 Å². The molecule has 3 N–H and O–H groups in total. The van der Waals surface area contributed by atoms with Crippen LogP contribution in [-0.2, 0) is 9.59 Å². The molecule has 0 unspecified atom stereocenters. The molecule has 8 nitrogen and oxygen atoms in total. The van der Waals surface area contributed by atoms with Crippen molar-refractivity contribution in [2.24, 2.45) is 0 Å². The number of carbonyl (C=O) groups excluding carboxylic acids is 2. The summed E-state index contributed by atoms with van der Waals surface area (Å²) in [6.07, 6.45) is -2.18. The molecule has 0 bridgehead atoms. The van der Waals surface area contributed by atoms with E-state index in [0.29, 0.717) is 12.4 Å². The number of amides is 2. The van der Waals surface area contributed by atoms with E-state index in [1.165, 1.54) is 0 Å². The highest BCUT2D eigenvalue weighted by Crippen LogP contribution is 2.33. The van der Waals surface area contributed by atoms with Crippen molar-refractivity contribution < 1.29 is 24.5 Å². The van der Waals surface area contributed by atoms with E-state index in [-0.39, 0.29) is 6.04 Å². The minimum absolute atomic E-state index is 0.191. The molecule has 0 radical (unpaired) electrons. The number of likely N-dealkylation sites (tertiary alicyclic amines) is 1. The van der Waals surface area contributed by atoms with Gasteiger partial charge in [-0.15, -0.1) is 0 Å². The second-order valence-corrected chi connectivity index (χ2v) is 10.3. The van der Waals surface area contributed by atoms with Crippen molar-refractivity contribution in [2.45, 2.75) is 44.1 Å². The number of aliphatic hydroxyl groups is 2. The van der Waals surface area contributed by atoms with Crippen LogP contribution >= 0.6 is 22.6 Å². The highest BCUT2D eigenvalue weighted by molar-refractivity contribution is 14.1. The summed E-state index contributed by atoms with van der Waals surface area (Å²) in [4.78, 5) is 31.8. The van der Waals surface area contributed by atoms with E-state index in [1.807, 2.05) is 60.7 Å². The average Bonchev–Trinajstić information content (AvgIpc) is 3.42. The fourth-order valence-electron chi connectivity index (χ4n) is 4.55. The number of nitrogens with zero attached hydrogens (tertiary/aromatic N) is 2. The lowest BCUT2D eigenvalue weighted by atomic mass is 10.0. The van der Waals surface area contributed by atoms with E-state index in [4.69, 9.17) is 4.74 Å². The highest BCUT2D eigenvalue weighted by Gasteiger charge is 2.38. The molecule has 37 heavy (non-hydrogen) atoms. The van der Waals surface area contributed by atoms with Crippen LogP contribution in [0.4, 0.5) is 0 Å². The summed E-state index contributed by atoms with van der Waals surface area (Å²) in [5, 5.41) is 23.8. The van der Waals surface area contributed by atoms with Gasteiger partial charge in [0, 0.05) is 21.7 Å². The Morgan fingerprint density at radius 2 is 1.81 bits per heavy atom. The Morgan fingerprint density at radius 1 is 1.08 bits per heavy atom. The molecule has 0 saturated carbocycles. The van der Waals surface area contributed by atoms with Crippen LogP contribution in [0.25, 0.3) is 11.3 Å². The summed E-state index contributed by atoms with van der Waals surface area (Å²) < 4.78 is 6.23. The van der Waals surface area contributed by atoms with Gasteiger partial charge in [-0.3, -0.25) is 9.59 Å². The van der Waals surface area contributed by atoms with Gasteiger partial charge >= 0.3 is 0 Å². The second kappa shape index (κ2) is 12.0. The summed E-state index contributed by atoms with van der Waals surface area (Å²) in [6, 6.07) is 20.2. The molecule has 2 amide bonds. The molecule has 3 aromatic rings. The number of aromatic nitrogens is 1. The van der Waals surface area contributed by atoms with Gasteiger partial charge in [0.25, 0.3) is 11.8 Å². The summed E-state index contributed by atoms with van der Waals surface area (Å²) in [6.45, 7) is 2.23. The van der Waals surface area contributed by atoms with Gasteiger partial charge in [-0.1, -0.05) is 42.5 Å². The number of halogens is 1. The van der Waals surface area contributed by atoms with Crippen LogP contribution in [0.3, 0.4) is 0 Å². The van der Waals surface area contributed by atoms with Crippen molar-refractivity contribution in [3.8, 4) is 17.1 Å². The number of nitrogens with one attached hydrogen (secondary N) is 1. The Hall–Kier alpha value is -3.02. The number of rotatable bonds is 8. The maximum absolute atomic E-state index is 13.1. The van der Waals surface area contributed by atoms with E-state index in [2.05, 4.69) is 32.9 Å². The third-order valence-electron chi connectivity index (χ3n) is 6.59. The lowest BCUT2D eigenvalue weighted by Crippen LogP contribution is -2.50. The average molecular weight is 615 g/mol. The first-order valence-corrected chi connectivity index (χ1v) is 13.2. The third kappa shape index (κ3) is 6.28. The molecule has 0 aliphatic carbocycles. The number of carbonyl (C=O) groups is 2. The predicted octanol–water partition coefficient (Wildman–Crippen LogP) is 3.62. The van der Waals surface area contributed by atoms with Gasteiger partial charge in [0.05, 0.1) is 24.9 Å². The van der Waals surface area contributed by atoms with Gasteiger partial charge in [-0.05, 0) is 71.7 Å². The summed E-state index contributed by atoms with van der Waals surface area (Å²) in [7, 11) is 1.56. The number of benzene rings is 2.